The van der Waals surface area contributed by atoms with E-state index in [0.717, 1.165) is 44.4 Å². The first kappa shape index (κ1) is 12.4. The highest BCUT2D eigenvalue weighted by atomic mass is 16.3. The van der Waals surface area contributed by atoms with Gasteiger partial charge in [-0.05, 0) is 24.3 Å². The summed E-state index contributed by atoms with van der Waals surface area (Å²) in [6, 6.07) is 19.9. The van der Waals surface area contributed by atoms with Crippen molar-refractivity contribution in [2.45, 2.75) is 0 Å². The molecule has 0 aliphatic heterocycles. The third-order valence-electron chi connectivity index (χ3n) is 4.25. The van der Waals surface area contributed by atoms with Gasteiger partial charge < -0.3 is 18.4 Å². The van der Waals surface area contributed by atoms with Crippen LogP contribution in [0.4, 0.5) is 0 Å². The first-order chi connectivity index (χ1) is 11.3. The fourth-order valence-electron chi connectivity index (χ4n) is 3.07. The molecule has 0 fully saturated rings. The van der Waals surface area contributed by atoms with Crippen LogP contribution in [0.3, 0.4) is 0 Å². The number of aryl methyl sites for hydroxylation is 1. The summed E-state index contributed by atoms with van der Waals surface area (Å²) in [7, 11) is 2.04. The van der Waals surface area contributed by atoms with Crippen molar-refractivity contribution < 1.29 is 8.83 Å². The molecule has 2 aromatic heterocycles. The lowest BCUT2D eigenvalue weighted by Gasteiger charge is -2.11. The smallest absolute Gasteiger partial charge is 0.153 e. The molecule has 23 heavy (non-hydrogen) atoms. The minimum Gasteiger partial charge on any atom is -0.453 e. The molecule has 4 nitrogen and oxygen atoms in total. The van der Waals surface area contributed by atoms with Crippen molar-refractivity contribution >= 4 is 44.4 Å². The Morgan fingerprint density at radius 1 is 0.696 bits per heavy atom. The zero-order chi connectivity index (χ0) is 15.4. The summed E-state index contributed by atoms with van der Waals surface area (Å²) in [6.45, 7) is 0. The average Bonchev–Trinajstić information content (AvgIpc) is 2.59. The number of rotatable bonds is 0. The molecular weight excluding hydrogens is 288 g/mol. The summed E-state index contributed by atoms with van der Waals surface area (Å²) in [5.41, 5.74) is 7.23. The Balaban J connectivity index is 1.97. The van der Waals surface area contributed by atoms with Crippen molar-refractivity contribution in [3.8, 4) is 0 Å². The van der Waals surface area contributed by atoms with Crippen LogP contribution in [-0.2, 0) is 7.05 Å². The molecule has 2 heterocycles. The highest BCUT2D eigenvalue weighted by Crippen LogP contribution is 2.28. The normalized spacial score (nSPS) is 11.7. The standard InChI is InChI=1S/C19H14N2O2/c1-21-14-7-3-5-9-17(14)23-19-10-13-18(11-15(19)21)22-16-8-4-2-6-12(16)20-13/h2-11,20H,1H3. The lowest BCUT2D eigenvalue weighted by atomic mass is 10.2. The van der Waals surface area contributed by atoms with E-state index in [4.69, 9.17) is 8.83 Å². The number of nitrogens with one attached hydrogen (secondary N) is 1. The van der Waals surface area contributed by atoms with Gasteiger partial charge in [-0.2, -0.15) is 0 Å². The Labute approximate surface area is 131 Å². The summed E-state index contributed by atoms with van der Waals surface area (Å²) < 4.78 is 14.2. The van der Waals surface area contributed by atoms with Gasteiger partial charge in [0.1, 0.15) is 0 Å². The minimum atomic E-state index is 0.803. The van der Waals surface area contributed by atoms with Crippen molar-refractivity contribution in [1.29, 1.82) is 0 Å². The second-order valence-electron chi connectivity index (χ2n) is 5.67. The van der Waals surface area contributed by atoms with E-state index in [9.17, 15) is 0 Å². The maximum absolute atomic E-state index is 6.06. The molecule has 0 saturated carbocycles. The van der Waals surface area contributed by atoms with Gasteiger partial charge in [-0.1, -0.05) is 24.3 Å². The molecule has 0 unspecified atom stereocenters. The van der Waals surface area contributed by atoms with Crippen molar-refractivity contribution in [2.24, 2.45) is 7.05 Å². The molecule has 0 bridgehead atoms. The number of hydrogen-bond acceptors (Lipinski definition) is 2. The summed E-state index contributed by atoms with van der Waals surface area (Å²) >= 11 is 0. The number of nitrogens with zero attached hydrogens (tertiary/aromatic N) is 1. The molecule has 0 radical (unpaired) electrons. The predicted octanol–water partition coefficient (Wildman–Crippen LogP) is 5.28. The van der Waals surface area contributed by atoms with E-state index < -0.39 is 0 Å². The van der Waals surface area contributed by atoms with E-state index in [-0.39, 0.29) is 0 Å². The van der Waals surface area contributed by atoms with Gasteiger partial charge in [-0.3, -0.25) is 0 Å². The number of hydrogen-bond donors (Lipinski definition) is 1. The molecule has 5 rings (SSSR count). The van der Waals surface area contributed by atoms with Gasteiger partial charge in [0, 0.05) is 19.2 Å². The molecule has 4 heteroatoms. The number of aromatic nitrogens is 2. The Hall–Kier alpha value is -3.14. The van der Waals surface area contributed by atoms with Crippen LogP contribution in [0.15, 0.2) is 69.5 Å². The van der Waals surface area contributed by atoms with Gasteiger partial charge in [0.15, 0.2) is 22.3 Å². The fourth-order valence-corrected chi connectivity index (χ4v) is 3.07. The lowest BCUT2D eigenvalue weighted by molar-refractivity contribution is 0.643. The van der Waals surface area contributed by atoms with E-state index in [1.54, 1.807) is 0 Å². The summed E-state index contributed by atoms with van der Waals surface area (Å²) in [6.07, 6.45) is 0. The number of para-hydroxylation sites is 4. The van der Waals surface area contributed by atoms with E-state index in [1.165, 1.54) is 0 Å². The zero-order valence-electron chi connectivity index (χ0n) is 12.5. The first-order valence-corrected chi connectivity index (χ1v) is 7.52. The van der Waals surface area contributed by atoms with Crippen LogP contribution in [0.1, 0.15) is 0 Å². The Morgan fingerprint density at radius 2 is 1.43 bits per heavy atom. The van der Waals surface area contributed by atoms with Crippen LogP contribution >= 0.6 is 0 Å². The van der Waals surface area contributed by atoms with E-state index in [2.05, 4.69) is 9.55 Å². The zero-order valence-corrected chi connectivity index (χ0v) is 12.5. The van der Waals surface area contributed by atoms with Crippen LogP contribution < -0.4 is 0 Å². The van der Waals surface area contributed by atoms with Crippen LogP contribution in [0.5, 0.6) is 0 Å². The molecule has 3 aromatic carbocycles. The van der Waals surface area contributed by atoms with Gasteiger partial charge in [0.25, 0.3) is 0 Å². The summed E-state index contributed by atoms with van der Waals surface area (Å²) in [5.74, 6) is 0. The highest BCUT2D eigenvalue weighted by molar-refractivity contribution is 5.94. The van der Waals surface area contributed by atoms with Gasteiger partial charge in [0.05, 0.1) is 22.1 Å². The molecule has 112 valence electrons. The van der Waals surface area contributed by atoms with Crippen LogP contribution in [0.2, 0.25) is 0 Å². The number of H-pyrrole nitrogens is 1. The van der Waals surface area contributed by atoms with Gasteiger partial charge in [-0.25, -0.2) is 0 Å². The molecule has 0 atom stereocenters. The average molecular weight is 302 g/mol. The molecule has 0 amide bonds. The summed E-state index contributed by atoms with van der Waals surface area (Å²) in [5, 5.41) is 0. The Morgan fingerprint density at radius 3 is 2.35 bits per heavy atom. The van der Waals surface area contributed by atoms with Gasteiger partial charge in [-0.15, -0.1) is 0 Å². The largest absolute Gasteiger partial charge is 0.453 e. The molecule has 0 spiro atoms. The maximum Gasteiger partial charge on any atom is 0.153 e. The summed E-state index contributed by atoms with van der Waals surface area (Å²) in [4.78, 5) is 3.41. The van der Waals surface area contributed by atoms with E-state index in [1.807, 2.05) is 67.7 Å². The molecular formula is C19H14N2O2. The van der Waals surface area contributed by atoms with Crippen molar-refractivity contribution in [3.05, 3.63) is 60.7 Å². The third kappa shape index (κ3) is 1.78. The molecule has 0 aliphatic rings. The second kappa shape index (κ2) is 4.43. The monoisotopic (exact) mass is 302 g/mol. The first-order valence-electron chi connectivity index (χ1n) is 7.52. The Bertz CT molecular complexity index is 1230. The van der Waals surface area contributed by atoms with Gasteiger partial charge >= 0.3 is 0 Å². The fraction of sp³-hybridized carbons (Fsp3) is 0.0526. The maximum atomic E-state index is 6.06. The van der Waals surface area contributed by atoms with Crippen LogP contribution in [-0.4, -0.2) is 9.55 Å². The van der Waals surface area contributed by atoms with Crippen LogP contribution in [0.25, 0.3) is 44.4 Å². The predicted molar refractivity (Wildman–Crippen MR) is 91.9 cm³/mol. The SMILES string of the molecule is Cn1c2ccccc2oc2cc3[nH]c4ccccc4oc3cc21. The minimum absolute atomic E-state index is 0.803. The van der Waals surface area contributed by atoms with E-state index >= 15 is 0 Å². The van der Waals surface area contributed by atoms with Gasteiger partial charge in [0.2, 0.25) is 0 Å². The van der Waals surface area contributed by atoms with Crippen molar-refractivity contribution in [2.75, 3.05) is 0 Å². The molecule has 1 N–H and O–H groups in total. The quantitative estimate of drug-likeness (QED) is 0.396. The molecule has 0 aliphatic carbocycles. The van der Waals surface area contributed by atoms with Crippen LogP contribution in [0, 0.1) is 0 Å². The number of benzene rings is 3. The molecule has 0 saturated heterocycles. The second-order valence-corrected chi connectivity index (χ2v) is 5.67. The number of aromatic amines is 1. The molecule has 5 aromatic rings. The lowest BCUT2D eigenvalue weighted by Crippen LogP contribution is -1.96. The topological polar surface area (TPSA) is 47.0 Å². The van der Waals surface area contributed by atoms with E-state index in [0.29, 0.717) is 0 Å². The number of fused-ring (bicyclic) bond motifs is 4. The Kier molecular flexibility index (Phi) is 2.39. The van der Waals surface area contributed by atoms with Crippen molar-refractivity contribution in [3.63, 3.8) is 0 Å². The third-order valence-corrected chi connectivity index (χ3v) is 4.25. The van der Waals surface area contributed by atoms with Crippen molar-refractivity contribution in [1.82, 2.24) is 9.55 Å². The highest BCUT2D eigenvalue weighted by Gasteiger charge is 2.09.